The van der Waals surface area contributed by atoms with E-state index in [2.05, 4.69) is 62.7 Å². The van der Waals surface area contributed by atoms with Gasteiger partial charge in [0.15, 0.2) is 0 Å². The van der Waals surface area contributed by atoms with E-state index in [-0.39, 0.29) is 11.3 Å². The van der Waals surface area contributed by atoms with Crippen LogP contribution in [0.2, 0.25) is 0 Å². The molecule has 0 saturated carbocycles. The highest BCUT2D eigenvalue weighted by molar-refractivity contribution is 5.90. The second-order valence-electron chi connectivity index (χ2n) is 7.61. The first-order chi connectivity index (χ1) is 12.3. The van der Waals surface area contributed by atoms with Gasteiger partial charge in [0.2, 0.25) is 0 Å². The Morgan fingerprint density at radius 1 is 1.15 bits per heavy atom. The summed E-state index contributed by atoms with van der Waals surface area (Å²) in [6.07, 6.45) is 5.32. The van der Waals surface area contributed by atoms with Gasteiger partial charge >= 0.3 is 0 Å². The van der Waals surface area contributed by atoms with Crippen molar-refractivity contribution in [2.24, 2.45) is 4.99 Å². The third kappa shape index (κ3) is 3.39. The summed E-state index contributed by atoms with van der Waals surface area (Å²) in [4.78, 5) is 6.98. The number of anilines is 1. The van der Waals surface area contributed by atoms with E-state index < -0.39 is 0 Å². The van der Waals surface area contributed by atoms with Crippen LogP contribution in [0.5, 0.6) is 5.75 Å². The van der Waals surface area contributed by atoms with E-state index in [9.17, 15) is 5.11 Å². The quantitative estimate of drug-likeness (QED) is 0.702. The van der Waals surface area contributed by atoms with Crippen LogP contribution in [-0.4, -0.2) is 23.4 Å². The number of hydrogen-bond donors (Lipinski definition) is 1. The average molecular weight is 348 g/mol. The van der Waals surface area contributed by atoms with Crippen LogP contribution in [-0.2, 0) is 0 Å². The lowest BCUT2D eigenvalue weighted by Crippen LogP contribution is -2.45. The SMILES string of the molecule is CCCN1c2cc(C)c(C=Nc3ccccc3O)cc2C(C)=CC1(C)C. The molecule has 26 heavy (non-hydrogen) atoms. The molecule has 1 N–H and O–H groups in total. The van der Waals surface area contributed by atoms with Crippen molar-refractivity contribution in [3.8, 4) is 5.75 Å². The fourth-order valence-corrected chi connectivity index (χ4v) is 3.73. The van der Waals surface area contributed by atoms with Crippen molar-refractivity contribution < 1.29 is 5.11 Å². The Morgan fingerprint density at radius 3 is 2.58 bits per heavy atom. The van der Waals surface area contributed by atoms with E-state index in [4.69, 9.17) is 0 Å². The van der Waals surface area contributed by atoms with Gasteiger partial charge in [-0.1, -0.05) is 25.1 Å². The van der Waals surface area contributed by atoms with Crippen molar-refractivity contribution in [3.05, 3.63) is 59.2 Å². The number of rotatable bonds is 4. The summed E-state index contributed by atoms with van der Waals surface area (Å²) in [5, 5.41) is 9.91. The molecule has 0 aromatic heterocycles. The van der Waals surface area contributed by atoms with Crippen molar-refractivity contribution >= 4 is 23.2 Å². The number of benzene rings is 2. The molecule has 0 radical (unpaired) electrons. The topological polar surface area (TPSA) is 35.8 Å². The van der Waals surface area contributed by atoms with Gasteiger partial charge in [0.1, 0.15) is 11.4 Å². The second kappa shape index (κ2) is 6.99. The Balaban J connectivity index is 2.04. The fourth-order valence-electron chi connectivity index (χ4n) is 3.73. The lowest BCUT2D eigenvalue weighted by atomic mass is 9.87. The molecule has 1 heterocycles. The first-order valence-electron chi connectivity index (χ1n) is 9.27. The Morgan fingerprint density at radius 2 is 1.88 bits per heavy atom. The molecular formula is C23H28N2O. The monoisotopic (exact) mass is 348 g/mol. The van der Waals surface area contributed by atoms with E-state index in [1.807, 2.05) is 18.3 Å². The smallest absolute Gasteiger partial charge is 0.141 e. The fraction of sp³-hybridized carbons (Fsp3) is 0.348. The third-order valence-electron chi connectivity index (χ3n) is 5.04. The number of fused-ring (bicyclic) bond motifs is 1. The first-order valence-corrected chi connectivity index (χ1v) is 9.27. The van der Waals surface area contributed by atoms with E-state index >= 15 is 0 Å². The maximum atomic E-state index is 9.91. The molecule has 0 atom stereocenters. The Bertz CT molecular complexity index is 878. The van der Waals surface area contributed by atoms with Crippen LogP contribution < -0.4 is 4.90 Å². The van der Waals surface area contributed by atoms with Crippen LogP contribution in [0.15, 0.2) is 47.5 Å². The second-order valence-corrected chi connectivity index (χ2v) is 7.61. The predicted octanol–water partition coefficient (Wildman–Crippen LogP) is 5.86. The molecule has 0 fully saturated rings. The lowest BCUT2D eigenvalue weighted by molar-refractivity contribution is 0.477. The van der Waals surface area contributed by atoms with Gasteiger partial charge < -0.3 is 10.0 Å². The molecule has 1 aliphatic heterocycles. The number of phenolic OH excluding ortho intramolecular Hbond substituents is 1. The molecule has 3 heteroatoms. The summed E-state index contributed by atoms with van der Waals surface area (Å²) in [5.41, 5.74) is 6.74. The summed E-state index contributed by atoms with van der Waals surface area (Å²) < 4.78 is 0. The minimum absolute atomic E-state index is 0.0188. The number of para-hydroxylation sites is 2. The summed E-state index contributed by atoms with van der Waals surface area (Å²) in [6, 6.07) is 11.6. The maximum absolute atomic E-state index is 9.91. The van der Waals surface area contributed by atoms with Gasteiger partial charge in [-0.15, -0.1) is 0 Å². The minimum Gasteiger partial charge on any atom is -0.506 e. The average Bonchev–Trinajstić information content (AvgIpc) is 2.58. The van der Waals surface area contributed by atoms with Crippen molar-refractivity contribution in [2.75, 3.05) is 11.4 Å². The largest absolute Gasteiger partial charge is 0.506 e. The highest BCUT2D eigenvalue weighted by Gasteiger charge is 2.31. The van der Waals surface area contributed by atoms with Crippen LogP contribution in [0.3, 0.4) is 0 Å². The summed E-state index contributed by atoms with van der Waals surface area (Å²) in [6.45, 7) is 12.1. The van der Waals surface area contributed by atoms with Gasteiger partial charge in [-0.25, -0.2) is 0 Å². The van der Waals surface area contributed by atoms with E-state index in [1.54, 1.807) is 12.1 Å². The van der Waals surface area contributed by atoms with Crippen molar-refractivity contribution in [3.63, 3.8) is 0 Å². The van der Waals surface area contributed by atoms with Crippen molar-refractivity contribution in [1.29, 1.82) is 0 Å². The number of hydrogen-bond acceptors (Lipinski definition) is 3. The third-order valence-corrected chi connectivity index (χ3v) is 5.04. The zero-order valence-electron chi connectivity index (χ0n) is 16.4. The van der Waals surface area contributed by atoms with Crippen LogP contribution in [0.4, 0.5) is 11.4 Å². The van der Waals surface area contributed by atoms with E-state index in [0.717, 1.165) is 18.5 Å². The number of aromatic hydroxyl groups is 1. The molecule has 0 bridgehead atoms. The number of phenols is 1. The van der Waals surface area contributed by atoms with Crippen molar-refractivity contribution in [2.45, 2.75) is 46.6 Å². The molecule has 2 aromatic rings. The van der Waals surface area contributed by atoms with Crippen molar-refractivity contribution in [1.82, 2.24) is 0 Å². The molecule has 3 nitrogen and oxygen atoms in total. The van der Waals surface area contributed by atoms with Crippen LogP contribution in [0.25, 0.3) is 5.57 Å². The molecule has 3 rings (SSSR count). The Labute approximate surface area is 156 Å². The molecular weight excluding hydrogens is 320 g/mol. The summed E-state index contributed by atoms with van der Waals surface area (Å²) in [5.74, 6) is 0.200. The molecule has 0 unspecified atom stereocenters. The van der Waals surface area contributed by atoms with Gasteiger partial charge in [0.25, 0.3) is 0 Å². The summed E-state index contributed by atoms with van der Waals surface area (Å²) in [7, 11) is 0. The van der Waals surface area contributed by atoms with Crippen LogP contribution in [0.1, 0.15) is 50.8 Å². The van der Waals surface area contributed by atoms with Gasteiger partial charge in [-0.05, 0) is 75.1 Å². The maximum Gasteiger partial charge on any atom is 0.141 e. The molecule has 136 valence electrons. The van der Waals surface area contributed by atoms with E-state index in [1.165, 1.54) is 22.4 Å². The highest BCUT2D eigenvalue weighted by atomic mass is 16.3. The minimum atomic E-state index is 0.0188. The molecule has 0 amide bonds. The van der Waals surface area contributed by atoms with Gasteiger partial charge in [0, 0.05) is 24.0 Å². The highest BCUT2D eigenvalue weighted by Crippen LogP contribution is 2.40. The Kier molecular flexibility index (Phi) is 4.90. The lowest BCUT2D eigenvalue weighted by Gasteiger charge is -2.43. The zero-order chi connectivity index (χ0) is 18.9. The molecule has 1 aliphatic rings. The molecule has 2 aromatic carbocycles. The zero-order valence-corrected chi connectivity index (χ0v) is 16.4. The Hall–Kier alpha value is -2.55. The molecule has 0 spiro atoms. The number of allylic oxidation sites excluding steroid dienone is 1. The van der Waals surface area contributed by atoms with Gasteiger partial charge in [-0.2, -0.15) is 0 Å². The van der Waals surface area contributed by atoms with Crippen LogP contribution >= 0.6 is 0 Å². The normalized spacial score (nSPS) is 15.9. The number of nitrogens with zero attached hydrogens (tertiary/aromatic N) is 2. The number of aliphatic imine (C=N–C) groups is 1. The molecule has 0 aliphatic carbocycles. The predicted molar refractivity (Wildman–Crippen MR) is 112 cm³/mol. The van der Waals surface area contributed by atoms with Crippen LogP contribution in [0, 0.1) is 6.92 Å². The van der Waals surface area contributed by atoms with E-state index in [0.29, 0.717) is 5.69 Å². The van der Waals surface area contributed by atoms with Gasteiger partial charge in [0.05, 0.1) is 5.54 Å². The standard InChI is InChI=1S/C23H28N2O/c1-6-11-25-21-12-16(2)18(13-19(21)17(3)14-23(25,4)5)15-24-20-9-7-8-10-22(20)26/h7-10,12-15,26H,6,11H2,1-5H3. The van der Waals surface area contributed by atoms with Gasteiger partial charge in [-0.3, -0.25) is 4.99 Å². The molecule has 0 saturated heterocycles. The number of aryl methyl sites for hydroxylation is 1. The summed E-state index contributed by atoms with van der Waals surface area (Å²) >= 11 is 0. The first kappa shape index (κ1) is 18.2.